The molecule has 3 aromatic rings. The van der Waals surface area contributed by atoms with E-state index < -0.39 is 11.7 Å². The van der Waals surface area contributed by atoms with Gasteiger partial charge >= 0.3 is 6.18 Å². The molecule has 0 radical (unpaired) electrons. The number of nitrogens with zero attached hydrogens (tertiary/aromatic N) is 1. The molecule has 0 unspecified atom stereocenters. The number of benzene rings is 3. The first-order chi connectivity index (χ1) is 16.7. The molecular formula is C27H27ClF3N3O2. The maximum absolute atomic E-state index is 13.1. The van der Waals surface area contributed by atoms with Crippen molar-refractivity contribution in [2.75, 3.05) is 25.0 Å². The lowest BCUT2D eigenvalue weighted by molar-refractivity contribution is -0.137. The third-order valence-corrected chi connectivity index (χ3v) is 6.05. The van der Waals surface area contributed by atoms with Crippen molar-refractivity contribution in [2.24, 2.45) is 0 Å². The van der Waals surface area contributed by atoms with E-state index in [4.69, 9.17) is 0 Å². The van der Waals surface area contributed by atoms with Gasteiger partial charge in [-0.3, -0.25) is 14.5 Å². The minimum atomic E-state index is -4.41. The topological polar surface area (TPSA) is 61.4 Å². The van der Waals surface area contributed by atoms with Gasteiger partial charge in [-0.15, -0.1) is 12.4 Å². The number of amides is 2. The van der Waals surface area contributed by atoms with Crippen molar-refractivity contribution in [3.8, 4) is 11.1 Å². The predicted octanol–water partition coefficient (Wildman–Crippen LogP) is 5.54. The Kier molecular flexibility index (Phi) is 8.76. The highest BCUT2D eigenvalue weighted by molar-refractivity contribution is 6.08. The lowest BCUT2D eigenvalue weighted by Gasteiger charge is -2.29. The summed E-state index contributed by atoms with van der Waals surface area (Å²) in [5.74, 6) is -0.365. The largest absolute Gasteiger partial charge is 0.416 e. The normalized spacial score (nSPS) is 13.3. The summed E-state index contributed by atoms with van der Waals surface area (Å²) in [7, 11) is 0. The predicted molar refractivity (Wildman–Crippen MR) is 136 cm³/mol. The molecule has 3 aromatic carbocycles. The van der Waals surface area contributed by atoms with Crippen LogP contribution in [0.3, 0.4) is 0 Å². The molecule has 0 atom stereocenters. The van der Waals surface area contributed by atoms with Crippen molar-refractivity contribution < 1.29 is 22.8 Å². The second-order valence-corrected chi connectivity index (χ2v) is 8.57. The van der Waals surface area contributed by atoms with Crippen LogP contribution < -0.4 is 10.6 Å². The summed E-state index contributed by atoms with van der Waals surface area (Å²) in [4.78, 5) is 26.4. The van der Waals surface area contributed by atoms with Crippen LogP contribution in [0.4, 0.5) is 18.9 Å². The van der Waals surface area contributed by atoms with Gasteiger partial charge in [-0.25, -0.2) is 0 Å². The molecule has 5 nitrogen and oxygen atoms in total. The average Bonchev–Trinajstić information content (AvgIpc) is 2.83. The van der Waals surface area contributed by atoms with Crippen LogP contribution in [0.15, 0.2) is 66.7 Å². The Morgan fingerprint density at radius 3 is 2.39 bits per heavy atom. The first-order valence-corrected chi connectivity index (χ1v) is 11.4. The minimum Gasteiger partial charge on any atom is -0.355 e. The van der Waals surface area contributed by atoms with Crippen LogP contribution in [-0.4, -0.2) is 36.3 Å². The summed E-state index contributed by atoms with van der Waals surface area (Å²) in [6.07, 6.45) is -3.58. The Morgan fingerprint density at radius 2 is 1.69 bits per heavy atom. The number of fused-ring (bicyclic) bond motifs is 1. The summed E-state index contributed by atoms with van der Waals surface area (Å²) in [5.41, 5.74) is 3.76. The molecule has 1 aliphatic rings. The fourth-order valence-corrected chi connectivity index (χ4v) is 4.24. The molecule has 1 heterocycles. The zero-order chi connectivity index (χ0) is 25.0. The van der Waals surface area contributed by atoms with Gasteiger partial charge in [0.1, 0.15) is 0 Å². The molecule has 9 heteroatoms. The number of alkyl halides is 3. The average molecular weight is 518 g/mol. The SMILES string of the molecule is CC(=O)NCCN1CCc2cc(NC(=O)c3ccccc3-c3ccc(C(F)(F)F)cc3)ccc2C1.Cl. The fraction of sp³-hybridized carbons (Fsp3) is 0.259. The number of hydrogen-bond acceptors (Lipinski definition) is 3. The number of rotatable bonds is 6. The van der Waals surface area contributed by atoms with Crippen molar-refractivity contribution in [3.05, 3.63) is 89.0 Å². The molecule has 4 rings (SSSR count). The van der Waals surface area contributed by atoms with Crippen LogP contribution in [0.5, 0.6) is 0 Å². The molecule has 0 aromatic heterocycles. The first kappa shape index (κ1) is 27.2. The molecule has 0 bridgehead atoms. The number of carbonyl (C=O) groups is 2. The molecule has 2 N–H and O–H groups in total. The number of halogens is 4. The Morgan fingerprint density at radius 1 is 0.972 bits per heavy atom. The van der Waals surface area contributed by atoms with Crippen LogP contribution >= 0.6 is 12.4 Å². The van der Waals surface area contributed by atoms with E-state index in [-0.39, 0.29) is 24.2 Å². The third-order valence-electron chi connectivity index (χ3n) is 6.05. The van der Waals surface area contributed by atoms with Gasteiger partial charge in [-0.05, 0) is 59.0 Å². The van der Waals surface area contributed by atoms with Crippen molar-refractivity contribution in [3.63, 3.8) is 0 Å². The van der Waals surface area contributed by atoms with E-state index >= 15 is 0 Å². The molecule has 0 spiro atoms. The van der Waals surface area contributed by atoms with E-state index in [0.29, 0.717) is 28.9 Å². The van der Waals surface area contributed by atoms with Gasteiger partial charge in [-0.2, -0.15) is 13.2 Å². The number of carbonyl (C=O) groups excluding carboxylic acids is 2. The highest BCUT2D eigenvalue weighted by Crippen LogP contribution is 2.32. The number of nitrogens with one attached hydrogen (secondary N) is 2. The van der Waals surface area contributed by atoms with E-state index in [9.17, 15) is 22.8 Å². The quantitative estimate of drug-likeness (QED) is 0.451. The summed E-state index contributed by atoms with van der Waals surface area (Å²) in [6, 6.07) is 17.5. The van der Waals surface area contributed by atoms with Crippen molar-refractivity contribution in [2.45, 2.75) is 26.1 Å². The summed E-state index contributed by atoms with van der Waals surface area (Å²) in [6.45, 7) is 4.53. The van der Waals surface area contributed by atoms with Crippen LogP contribution in [0, 0.1) is 0 Å². The van der Waals surface area contributed by atoms with Gasteiger partial charge in [0.05, 0.1) is 5.56 Å². The van der Waals surface area contributed by atoms with Gasteiger partial charge in [0, 0.05) is 44.4 Å². The highest BCUT2D eigenvalue weighted by Gasteiger charge is 2.30. The maximum atomic E-state index is 13.1. The van der Waals surface area contributed by atoms with E-state index in [1.165, 1.54) is 24.6 Å². The van der Waals surface area contributed by atoms with Crippen LogP contribution in [0.1, 0.15) is 34.0 Å². The smallest absolute Gasteiger partial charge is 0.355 e. The lowest BCUT2D eigenvalue weighted by atomic mass is 9.97. The van der Waals surface area contributed by atoms with E-state index in [1.807, 2.05) is 18.2 Å². The zero-order valence-electron chi connectivity index (χ0n) is 19.7. The molecule has 0 aliphatic carbocycles. The highest BCUT2D eigenvalue weighted by atomic mass is 35.5. The molecule has 0 fully saturated rings. The van der Waals surface area contributed by atoms with Gasteiger partial charge < -0.3 is 10.6 Å². The first-order valence-electron chi connectivity index (χ1n) is 11.4. The van der Waals surface area contributed by atoms with Crippen molar-refractivity contribution in [1.82, 2.24) is 10.2 Å². The molecule has 1 aliphatic heterocycles. The standard InChI is InChI=1S/C27H26F3N3O2.ClH/c1-18(34)31-13-15-33-14-12-20-16-23(11-8-21(20)17-33)32-26(35)25-5-3-2-4-24(25)19-6-9-22(10-7-19)27(28,29)30;/h2-11,16H,12-15,17H2,1H3,(H,31,34)(H,32,35);1H. The summed E-state index contributed by atoms with van der Waals surface area (Å²) < 4.78 is 38.7. The van der Waals surface area contributed by atoms with Crippen molar-refractivity contribution >= 4 is 29.9 Å². The van der Waals surface area contributed by atoms with E-state index in [0.717, 1.165) is 43.8 Å². The summed E-state index contributed by atoms with van der Waals surface area (Å²) >= 11 is 0. The molecule has 36 heavy (non-hydrogen) atoms. The van der Waals surface area contributed by atoms with Gasteiger partial charge in [0.25, 0.3) is 5.91 Å². The van der Waals surface area contributed by atoms with Crippen LogP contribution in [0.25, 0.3) is 11.1 Å². The fourth-order valence-electron chi connectivity index (χ4n) is 4.24. The van der Waals surface area contributed by atoms with Gasteiger partial charge in [0.15, 0.2) is 0 Å². The molecule has 0 saturated carbocycles. The van der Waals surface area contributed by atoms with Crippen LogP contribution in [0.2, 0.25) is 0 Å². The molecule has 2 amide bonds. The van der Waals surface area contributed by atoms with Crippen LogP contribution in [-0.2, 0) is 23.9 Å². The number of hydrogen-bond donors (Lipinski definition) is 2. The third kappa shape index (κ3) is 6.65. The molecule has 190 valence electrons. The van der Waals surface area contributed by atoms with Gasteiger partial charge in [-0.1, -0.05) is 36.4 Å². The Bertz CT molecular complexity index is 1230. The maximum Gasteiger partial charge on any atom is 0.416 e. The Labute approximate surface area is 214 Å². The number of anilines is 1. The Hall–Kier alpha value is -3.36. The van der Waals surface area contributed by atoms with E-state index in [1.54, 1.807) is 24.3 Å². The molecular weight excluding hydrogens is 491 g/mol. The lowest BCUT2D eigenvalue weighted by Crippen LogP contribution is -2.37. The summed E-state index contributed by atoms with van der Waals surface area (Å²) in [5, 5.41) is 5.74. The van der Waals surface area contributed by atoms with Gasteiger partial charge in [0.2, 0.25) is 5.91 Å². The van der Waals surface area contributed by atoms with Crippen molar-refractivity contribution in [1.29, 1.82) is 0 Å². The zero-order valence-corrected chi connectivity index (χ0v) is 20.5. The Balaban J connectivity index is 0.00000361. The monoisotopic (exact) mass is 517 g/mol. The van der Waals surface area contributed by atoms with E-state index in [2.05, 4.69) is 15.5 Å². The molecule has 0 saturated heterocycles. The second-order valence-electron chi connectivity index (χ2n) is 8.57. The minimum absolute atomic E-state index is 0. The second kappa shape index (κ2) is 11.6.